The quantitative estimate of drug-likeness (QED) is 0.558. The summed E-state index contributed by atoms with van der Waals surface area (Å²) < 4.78 is 27.5. The van der Waals surface area contributed by atoms with Crippen LogP contribution in [0.25, 0.3) is 16.5 Å². The minimum absolute atomic E-state index is 0.514. The topological polar surface area (TPSA) is 66.4 Å². The van der Waals surface area contributed by atoms with Gasteiger partial charge in [0.25, 0.3) is 5.91 Å². The van der Waals surface area contributed by atoms with E-state index < -0.39 is 34.8 Å². The van der Waals surface area contributed by atoms with Crippen molar-refractivity contribution in [2.24, 2.45) is 0 Å². The fourth-order valence-corrected chi connectivity index (χ4v) is 3.71. The maximum atomic E-state index is 13.7. The zero-order valence-corrected chi connectivity index (χ0v) is 15.7. The number of carboxylic acid groups (broad SMARTS) is 1. The molecule has 0 aliphatic carbocycles. The van der Waals surface area contributed by atoms with Crippen molar-refractivity contribution in [2.45, 2.75) is 0 Å². The first kappa shape index (κ1) is 19.7. The van der Waals surface area contributed by atoms with Gasteiger partial charge in [0.2, 0.25) is 0 Å². The van der Waals surface area contributed by atoms with Gasteiger partial charge < -0.3 is 10.4 Å². The van der Waals surface area contributed by atoms with Crippen molar-refractivity contribution in [1.29, 1.82) is 0 Å². The summed E-state index contributed by atoms with van der Waals surface area (Å²) in [5, 5.41) is 11.9. The van der Waals surface area contributed by atoms with Crippen molar-refractivity contribution in [3.63, 3.8) is 0 Å². The van der Waals surface area contributed by atoms with Gasteiger partial charge in [-0.2, -0.15) is 0 Å². The summed E-state index contributed by atoms with van der Waals surface area (Å²) in [5.41, 5.74) is -0.582. The van der Waals surface area contributed by atoms with E-state index in [-0.39, 0.29) is 0 Å². The van der Waals surface area contributed by atoms with E-state index in [4.69, 9.17) is 11.6 Å². The average Bonchev–Trinajstić information content (AvgIpc) is 3.09. The second-order valence-corrected chi connectivity index (χ2v) is 7.12. The second kappa shape index (κ2) is 8.33. The number of hydrogen-bond acceptors (Lipinski definition) is 3. The molecule has 3 rings (SSSR count). The lowest BCUT2D eigenvalue weighted by Gasteiger charge is -2.07. The molecule has 1 amide bonds. The van der Waals surface area contributed by atoms with E-state index in [0.29, 0.717) is 9.90 Å². The molecule has 0 aliphatic heterocycles. The average molecular weight is 420 g/mol. The summed E-state index contributed by atoms with van der Waals surface area (Å²) in [7, 11) is 0. The Morgan fingerprint density at radius 1 is 1.00 bits per heavy atom. The molecule has 0 aliphatic rings. The van der Waals surface area contributed by atoms with Crippen LogP contribution in [0.4, 0.5) is 8.78 Å². The standard InChI is InChI=1S/C20H12ClF2NO3S/c21-13-5-2-1-4-12(13)17-9-8-11(28-17)10-16(20(26)27)24-19(25)18-14(22)6-3-7-15(18)23/h1-10H,(H,24,25)(H,26,27)/b16-10-. The van der Waals surface area contributed by atoms with Crippen molar-refractivity contribution in [3.8, 4) is 10.4 Å². The van der Waals surface area contributed by atoms with Gasteiger partial charge in [-0.1, -0.05) is 35.9 Å². The van der Waals surface area contributed by atoms with Crippen LogP contribution in [0.5, 0.6) is 0 Å². The maximum absolute atomic E-state index is 13.7. The molecule has 4 nitrogen and oxygen atoms in total. The van der Waals surface area contributed by atoms with E-state index in [1.165, 1.54) is 17.4 Å². The van der Waals surface area contributed by atoms with Crippen molar-refractivity contribution < 1.29 is 23.5 Å². The number of nitrogens with one attached hydrogen (secondary N) is 1. The Morgan fingerprint density at radius 3 is 2.32 bits per heavy atom. The number of benzene rings is 2. The van der Waals surface area contributed by atoms with Gasteiger partial charge in [-0.3, -0.25) is 4.79 Å². The van der Waals surface area contributed by atoms with E-state index >= 15 is 0 Å². The van der Waals surface area contributed by atoms with Crippen LogP contribution in [0.3, 0.4) is 0 Å². The predicted octanol–water partition coefficient (Wildman–Crippen LogP) is 5.20. The molecule has 2 N–H and O–H groups in total. The number of carboxylic acids is 1. The number of rotatable bonds is 5. The van der Waals surface area contributed by atoms with E-state index in [2.05, 4.69) is 0 Å². The van der Waals surface area contributed by atoms with Gasteiger partial charge in [-0.25, -0.2) is 13.6 Å². The first-order valence-corrected chi connectivity index (χ1v) is 9.11. The molecule has 3 aromatic rings. The Morgan fingerprint density at radius 2 is 1.68 bits per heavy atom. The third-order valence-corrected chi connectivity index (χ3v) is 5.12. The lowest BCUT2D eigenvalue weighted by atomic mass is 10.1. The summed E-state index contributed by atoms with van der Waals surface area (Å²) in [6, 6.07) is 13.5. The van der Waals surface area contributed by atoms with Gasteiger partial charge >= 0.3 is 5.97 Å². The maximum Gasteiger partial charge on any atom is 0.352 e. The number of thiophene rings is 1. The Bertz CT molecular complexity index is 1070. The van der Waals surface area contributed by atoms with Crippen LogP contribution in [0.15, 0.2) is 60.3 Å². The highest BCUT2D eigenvalue weighted by Gasteiger charge is 2.20. The molecule has 0 unspecified atom stereocenters. The first-order chi connectivity index (χ1) is 13.4. The number of halogens is 3. The number of aliphatic carboxylic acids is 1. The minimum atomic E-state index is -1.45. The van der Waals surface area contributed by atoms with Crippen LogP contribution in [0.2, 0.25) is 5.02 Å². The zero-order chi connectivity index (χ0) is 20.3. The number of carbonyl (C=O) groups is 2. The van der Waals surface area contributed by atoms with Crippen LogP contribution in [0.1, 0.15) is 15.2 Å². The smallest absolute Gasteiger partial charge is 0.352 e. The molecule has 1 aromatic heterocycles. The zero-order valence-electron chi connectivity index (χ0n) is 14.1. The molecule has 0 fully saturated rings. The highest BCUT2D eigenvalue weighted by atomic mass is 35.5. The third kappa shape index (κ3) is 4.27. The SMILES string of the molecule is O=C(O)/C(=C/c1ccc(-c2ccccc2Cl)s1)NC(=O)c1c(F)cccc1F. The fourth-order valence-electron chi connectivity index (χ4n) is 2.43. The van der Waals surface area contributed by atoms with Gasteiger partial charge in [0.1, 0.15) is 22.9 Å². The third-order valence-electron chi connectivity index (χ3n) is 3.72. The second-order valence-electron chi connectivity index (χ2n) is 5.60. The van der Waals surface area contributed by atoms with Gasteiger partial charge in [-0.15, -0.1) is 11.3 Å². The fraction of sp³-hybridized carbons (Fsp3) is 0. The molecular weight excluding hydrogens is 408 g/mol. The van der Waals surface area contributed by atoms with Crippen molar-refractivity contribution in [2.75, 3.05) is 0 Å². The van der Waals surface area contributed by atoms with Gasteiger partial charge in [0.05, 0.1) is 0 Å². The summed E-state index contributed by atoms with van der Waals surface area (Å²) in [6.07, 6.45) is 1.21. The predicted molar refractivity (Wildman–Crippen MR) is 104 cm³/mol. The number of carbonyl (C=O) groups excluding carboxylic acids is 1. The Hall–Kier alpha value is -3.03. The Labute approximate surface area is 167 Å². The van der Waals surface area contributed by atoms with E-state index in [1.54, 1.807) is 24.3 Å². The molecule has 0 spiro atoms. The lowest BCUT2D eigenvalue weighted by molar-refractivity contribution is -0.132. The van der Waals surface area contributed by atoms with E-state index in [9.17, 15) is 23.5 Å². The van der Waals surface area contributed by atoms with Crippen LogP contribution in [-0.4, -0.2) is 17.0 Å². The van der Waals surface area contributed by atoms with Crippen LogP contribution in [0, 0.1) is 11.6 Å². The number of amides is 1. The lowest BCUT2D eigenvalue weighted by Crippen LogP contribution is -2.28. The highest BCUT2D eigenvalue weighted by Crippen LogP contribution is 2.33. The van der Waals surface area contributed by atoms with Gasteiger partial charge in [0, 0.05) is 20.3 Å². The molecule has 0 radical (unpaired) electrons. The summed E-state index contributed by atoms with van der Waals surface area (Å²) in [4.78, 5) is 25.0. The molecule has 8 heteroatoms. The highest BCUT2D eigenvalue weighted by molar-refractivity contribution is 7.16. The molecule has 28 heavy (non-hydrogen) atoms. The monoisotopic (exact) mass is 419 g/mol. The molecule has 2 aromatic carbocycles. The molecule has 0 saturated heterocycles. The van der Waals surface area contributed by atoms with Crippen LogP contribution < -0.4 is 5.32 Å². The molecular formula is C20H12ClF2NO3S. The van der Waals surface area contributed by atoms with Gasteiger partial charge in [0.15, 0.2) is 0 Å². The van der Waals surface area contributed by atoms with Crippen molar-refractivity contribution >= 4 is 40.9 Å². The Balaban J connectivity index is 1.89. The minimum Gasteiger partial charge on any atom is -0.477 e. The summed E-state index contributed by atoms with van der Waals surface area (Å²) in [6.45, 7) is 0. The first-order valence-electron chi connectivity index (χ1n) is 7.92. The largest absolute Gasteiger partial charge is 0.477 e. The summed E-state index contributed by atoms with van der Waals surface area (Å²) >= 11 is 7.41. The number of hydrogen-bond donors (Lipinski definition) is 2. The Kier molecular flexibility index (Phi) is 5.87. The van der Waals surface area contributed by atoms with E-state index in [0.717, 1.165) is 28.6 Å². The molecule has 1 heterocycles. The van der Waals surface area contributed by atoms with Crippen molar-refractivity contribution in [3.05, 3.63) is 87.4 Å². The van der Waals surface area contributed by atoms with Crippen LogP contribution in [-0.2, 0) is 4.79 Å². The van der Waals surface area contributed by atoms with E-state index in [1.807, 2.05) is 17.4 Å². The van der Waals surface area contributed by atoms with Gasteiger partial charge in [-0.05, 0) is 36.4 Å². The molecule has 142 valence electrons. The summed E-state index contributed by atoms with van der Waals surface area (Å²) in [5.74, 6) is -4.80. The molecule has 0 saturated carbocycles. The van der Waals surface area contributed by atoms with Crippen LogP contribution >= 0.6 is 22.9 Å². The van der Waals surface area contributed by atoms with Crippen molar-refractivity contribution in [1.82, 2.24) is 5.32 Å². The normalized spacial score (nSPS) is 11.3. The molecule has 0 atom stereocenters. The molecule has 0 bridgehead atoms.